The van der Waals surface area contributed by atoms with E-state index in [9.17, 15) is 0 Å². The van der Waals surface area contributed by atoms with Crippen LogP contribution >= 0.6 is 23.4 Å². The Morgan fingerprint density at radius 2 is 2.00 bits per heavy atom. The van der Waals surface area contributed by atoms with Gasteiger partial charge in [0.15, 0.2) is 0 Å². The van der Waals surface area contributed by atoms with Crippen molar-refractivity contribution in [3.05, 3.63) is 52.2 Å². The number of anilines is 1. The van der Waals surface area contributed by atoms with Crippen molar-refractivity contribution < 1.29 is 0 Å². The minimum Gasteiger partial charge on any atom is -0.398 e. The SMILES string of the molecule is Cc1cc(C)nc(SCc2ccc(Cl)c(N)c2)c1. The van der Waals surface area contributed by atoms with Gasteiger partial charge in [0, 0.05) is 11.4 Å². The minimum absolute atomic E-state index is 0.605. The van der Waals surface area contributed by atoms with Crippen LogP contribution in [0, 0.1) is 13.8 Å². The molecule has 2 nitrogen and oxygen atoms in total. The van der Waals surface area contributed by atoms with Gasteiger partial charge in [-0.2, -0.15) is 0 Å². The molecular formula is C14H15ClN2S. The number of aromatic nitrogens is 1. The van der Waals surface area contributed by atoms with E-state index in [4.69, 9.17) is 17.3 Å². The average Bonchev–Trinajstić information content (AvgIpc) is 2.29. The van der Waals surface area contributed by atoms with Gasteiger partial charge in [-0.25, -0.2) is 4.98 Å². The van der Waals surface area contributed by atoms with E-state index in [1.165, 1.54) is 5.56 Å². The third-order valence-electron chi connectivity index (χ3n) is 2.52. The van der Waals surface area contributed by atoms with Gasteiger partial charge in [0.2, 0.25) is 0 Å². The monoisotopic (exact) mass is 278 g/mol. The van der Waals surface area contributed by atoms with Gasteiger partial charge in [-0.3, -0.25) is 0 Å². The highest BCUT2D eigenvalue weighted by molar-refractivity contribution is 7.98. The van der Waals surface area contributed by atoms with Crippen molar-refractivity contribution in [2.24, 2.45) is 0 Å². The number of hydrogen-bond acceptors (Lipinski definition) is 3. The van der Waals surface area contributed by atoms with Crippen LogP contribution in [0.15, 0.2) is 35.4 Å². The van der Waals surface area contributed by atoms with Crippen molar-refractivity contribution in [3.63, 3.8) is 0 Å². The molecule has 2 N–H and O–H groups in total. The molecule has 0 saturated carbocycles. The Morgan fingerprint density at radius 1 is 1.22 bits per heavy atom. The zero-order valence-corrected chi connectivity index (χ0v) is 12.0. The molecule has 1 heterocycles. The topological polar surface area (TPSA) is 38.9 Å². The molecule has 0 radical (unpaired) electrons. The highest BCUT2D eigenvalue weighted by Gasteiger charge is 2.02. The summed E-state index contributed by atoms with van der Waals surface area (Å²) >= 11 is 7.60. The molecule has 0 atom stereocenters. The number of nitrogens with zero attached hydrogens (tertiary/aromatic N) is 1. The summed E-state index contributed by atoms with van der Waals surface area (Å²) in [5, 5.41) is 1.65. The van der Waals surface area contributed by atoms with E-state index in [1.54, 1.807) is 11.8 Å². The number of thioether (sulfide) groups is 1. The predicted molar refractivity (Wildman–Crippen MR) is 79.1 cm³/mol. The maximum Gasteiger partial charge on any atom is 0.0968 e. The van der Waals surface area contributed by atoms with E-state index in [0.29, 0.717) is 10.7 Å². The molecule has 2 aromatic rings. The summed E-state index contributed by atoms with van der Waals surface area (Å²) in [4.78, 5) is 4.49. The van der Waals surface area contributed by atoms with Crippen LogP contribution in [-0.4, -0.2) is 4.98 Å². The van der Waals surface area contributed by atoms with Gasteiger partial charge in [0.05, 0.1) is 15.7 Å². The van der Waals surface area contributed by atoms with Crippen molar-refractivity contribution >= 4 is 29.1 Å². The Kier molecular flexibility index (Phi) is 4.15. The summed E-state index contributed by atoms with van der Waals surface area (Å²) in [6.45, 7) is 4.09. The Balaban J connectivity index is 2.08. The normalized spacial score (nSPS) is 10.6. The molecule has 4 heteroatoms. The van der Waals surface area contributed by atoms with E-state index in [-0.39, 0.29) is 0 Å². The molecule has 0 aliphatic heterocycles. The molecule has 94 valence electrons. The van der Waals surface area contributed by atoms with Gasteiger partial charge < -0.3 is 5.73 Å². The summed E-state index contributed by atoms with van der Waals surface area (Å²) in [7, 11) is 0. The van der Waals surface area contributed by atoms with Crippen molar-refractivity contribution in [1.29, 1.82) is 0 Å². The average molecular weight is 279 g/mol. The molecule has 0 unspecified atom stereocenters. The molecule has 0 aliphatic rings. The summed E-state index contributed by atoms with van der Waals surface area (Å²) in [5.41, 5.74) is 9.85. The first-order valence-electron chi connectivity index (χ1n) is 5.66. The second-order valence-electron chi connectivity index (χ2n) is 4.27. The molecule has 0 bridgehead atoms. The molecule has 0 spiro atoms. The van der Waals surface area contributed by atoms with Gasteiger partial charge in [0.1, 0.15) is 0 Å². The number of benzene rings is 1. The maximum atomic E-state index is 5.90. The van der Waals surface area contributed by atoms with Crippen molar-refractivity contribution in [1.82, 2.24) is 4.98 Å². The standard InChI is InChI=1S/C14H15ClN2S/c1-9-5-10(2)17-14(6-9)18-8-11-3-4-12(15)13(16)7-11/h3-7H,8,16H2,1-2H3. The van der Waals surface area contributed by atoms with E-state index in [2.05, 4.69) is 24.0 Å². The molecule has 0 amide bonds. The van der Waals surface area contributed by atoms with E-state index in [0.717, 1.165) is 22.0 Å². The molecule has 0 fully saturated rings. The van der Waals surface area contributed by atoms with Crippen LogP contribution in [0.4, 0.5) is 5.69 Å². The number of halogens is 1. The fraction of sp³-hybridized carbons (Fsp3) is 0.214. The largest absolute Gasteiger partial charge is 0.398 e. The lowest BCUT2D eigenvalue weighted by Crippen LogP contribution is -1.90. The van der Waals surface area contributed by atoms with Crippen LogP contribution in [0.3, 0.4) is 0 Å². The zero-order valence-electron chi connectivity index (χ0n) is 10.4. The van der Waals surface area contributed by atoms with Crippen LogP contribution in [0.1, 0.15) is 16.8 Å². The fourth-order valence-electron chi connectivity index (χ4n) is 1.72. The molecule has 18 heavy (non-hydrogen) atoms. The quantitative estimate of drug-likeness (QED) is 0.675. The first kappa shape index (κ1) is 13.2. The van der Waals surface area contributed by atoms with Gasteiger partial charge in [-0.1, -0.05) is 17.7 Å². The molecule has 0 saturated heterocycles. The maximum absolute atomic E-state index is 5.90. The van der Waals surface area contributed by atoms with Gasteiger partial charge in [0.25, 0.3) is 0 Å². The number of nitrogens with two attached hydrogens (primary N) is 1. The number of rotatable bonds is 3. The van der Waals surface area contributed by atoms with E-state index < -0.39 is 0 Å². The molecular weight excluding hydrogens is 264 g/mol. The highest BCUT2D eigenvalue weighted by atomic mass is 35.5. The van der Waals surface area contributed by atoms with Crippen LogP contribution in [-0.2, 0) is 5.75 Å². The van der Waals surface area contributed by atoms with Gasteiger partial charge >= 0.3 is 0 Å². The highest BCUT2D eigenvalue weighted by Crippen LogP contribution is 2.26. The van der Waals surface area contributed by atoms with Gasteiger partial charge in [-0.05, 0) is 49.2 Å². The predicted octanol–water partition coefficient (Wildman–Crippen LogP) is 4.23. The second kappa shape index (κ2) is 5.63. The molecule has 1 aromatic carbocycles. The van der Waals surface area contributed by atoms with Crippen LogP contribution in [0.5, 0.6) is 0 Å². The van der Waals surface area contributed by atoms with Crippen molar-refractivity contribution in [2.45, 2.75) is 24.6 Å². The van der Waals surface area contributed by atoms with Crippen molar-refractivity contribution in [3.8, 4) is 0 Å². The first-order valence-corrected chi connectivity index (χ1v) is 7.03. The van der Waals surface area contributed by atoms with Crippen molar-refractivity contribution in [2.75, 3.05) is 5.73 Å². The molecule has 2 rings (SSSR count). The smallest absolute Gasteiger partial charge is 0.0968 e. The first-order chi connectivity index (χ1) is 8.54. The van der Waals surface area contributed by atoms with Gasteiger partial charge in [-0.15, -0.1) is 11.8 Å². The zero-order chi connectivity index (χ0) is 13.1. The number of aryl methyl sites for hydroxylation is 2. The molecule has 0 aliphatic carbocycles. The summed E-state index contributed by atoms with van der Waals surface area (Å²) in [6, 6.07) is 9.91. The Hall–Kier alpha value is -1.19. The number of pyridine rings is 1. The lowest BCUT2D eigenvalue weighted by Gasteiger charge is -2.05. The van der Waals surface area contributed by atoms with Crippen LogP contribution < -0.4 is 5.73 Å². The Bertz CT molecular complexity index is 549. The van der Waals surface area contributed by atoms with E-state index in [1.807, 2.05) is 25.1 Å². The minimum atomic E-state index is 0.605. The van der Waals surface area contributed by atoms with E-state index >= 15 is 0 Å². The summed E-state index contributed by atoms with van der Waals surface area (Å²) in [5.74, 6) is 0.845. The lowest BCUT2D eigenvalue weighted by atomic mass is 10.2. The number of hydrogen-bond donors (Lipinski definition) is 1. The fourth-order valence-corrected chi connectivity index (χ4v) is 2.81. The third-order valence-corrected chi connectivity index (χ3v) is 3.85. The van der Waals surface area contributed by atoms with Crippen LogP contribution in [0.25, 0.3) is 0 Å². The Labute approximate surface area is 117 Å². The molecule has 1 aromatic heterocycles. The third kappa shape index (κ3) is 3.40. The van der Waals surface area contributed by atoms with Crippen LogP contribution in [0.2, 0.25) is 5.02 Å². The summed E-state index contributed by atoms with van der Waals surface area (Å²) < 4.78 is 0. The summed E-state index contributed by atoms with van der Waals surface area (Å²) in [6.07, 6.45) is 0. The number of nitrogen functional groups attached to an aromatic ring is 1. The lowest BCUT2D eigenvalue weighted by molar-refractivity contribution is 1.05. The second-order valence-corrected chi connectivity index (χ2v) is 5.67. The Morgan fingerprint density at radius 3 is 2.67 bits per heavy atom.